The molecule has 0 aliphatic carbocycles. The van der Waals surface area contributed by atoms with Gasteiger partial charge in [0.1, 0.15) is 0 Å². The quantitative estimate of drug-likeness (QED) is 0.441. The fraction of sp³-hybridized carbons (Fsp3) is 0.0476. The van der Waals surface area contributed by atoms with Crippen molar-refractivity contribution in [2.45, 2.75) is 6.92 Å². The highest BCUT2D eigenvalue weighted by Gasteiger charge is 2.24. The Hall–Kier alpha value is -2.72. The molecule has 0 saturated carbocycles. The van der Waals surface area contributed by atoms with Gasteiger partial charge in [-0.25, -0.2) is 9.79 Å². The fourth-order valence-electron chi connectivity index (χ4n) is 2.87. The molecule has 4 rings (SSSR count). The minimum absolute atomic E-state index is 0.312. The summed E-state index contributed by atoms with van der Waals surface area (Å²) in [7, 11) is 0. The molecule has 0 atom stereocenters. The van der Waals surface area contributed by atoms with Crippen LogP contribution in [0.1, 0.15) is 16.7 Å². The summed E-state index contributed by atoms with van der Waals surface area (Å²) in [6.07, 6.45) is 1.79. The summed E-state index contributed by atoms with van der Waals surface area (Å²) in [6.45, 7) is 2.08. The van der Waals surface area contributed by atoms with Crippen molar-refractivity contribution in [1.29, 1.82) is 0 Å². The molecule has 0 bridgehead atoms. The van der Waals surface area contributed by atoms with E-state index in [-0.39, 0.29) is 0 Å². The van der Waals surface area contributed by atoms with Gasteiger partial charge in [0, 0.05) is 10.0 Å². The van der Waals surface area contributed by atoms with Crippen LogP contribution in [0.3, 0.4) is 0 Å². The average Bonchev–Trinajstić information content (AvgIpc) is 2.99. The van der Waals surface area contributed by atoms with Gasteiger partial charge in [-0.2, -0.15) is 0 Å². The Morgan fingerprint density at radius 2 is 1.68 bits per heavy atom. The minimum atomic E-state index is -0.428. The Bertz CT molecular complexity index is 1050. The number of hydrogen-bond acceptors (Lipinski definition) is 3. The lowest BCUT2D eigenvalue weighted by Gasteiger charge is -2.05. The second-order valence-corrected chi connectivity index (χ2v) is 6.78. The number of halogens is 1. The molecule has 3 nitrogen and oxygen atoms in total. The van der Waals surface area contributed by atoms with Crippen molar-refractivity contribution in [2.75, 3.05) is 0 Å². The van der Waals surface area contributed by atoms with E-state index in [1.165, 1.54) is 10.9 Å². The lowest BCUT2D eigenvalue weighted by Crippen LogP contribution is -2.05. The number of hydrogen-bond donors (Lipinski definition) is 0. The number of fused-ring (bicyclic) bond motifs is 1. The summed E-state index contributed by atoms with van der Waals surface area (Å²) < 4.78 is 6.30. The summed E-state index contributed by atoms with van der Waals surface area (Å²) in [5.41, 5.74) is 3.24. The summed E-state index contributed by atoms with van der Waals surface area (Å²) >= 11 is 3.39. The first-order valence-corrected chi connectivity index (χ1v) is 8.68. The number of nitrogens with zero attached hydrogens (tertiary/aromatic N) is 1. The van der Waals surface area contributed by atoms with Crippen LogP contribution in [0.15, 0.2) is 75.8 Å². The van der Waals surface area contributed by atoms with Crippen LogP contribution in [-0.2, 0) is 9.53 Å². The zero-order valence-electron chi connectivity index (χ0n) is 13.5. The number of aryl methyl sites for hydroxylation is 1. The van der Waals surface area contributed by atoms with Crippen molar-refractivity contribution >= 4 is 44.6 Å². The van der Waals surface area contributed by atoms with Crippen molar-refractivity contribution in [2.24, 2.45) is 4.99 Å². The van der Waals surface area contributed by atoms with Crippen LogP contribution in [-0.4, -0.2) is 11.9 Å². The second kappa shape index (κ2) is 6.30. The average molecular weight is 392 g/mol. The lowest BCUT2D eigenvalue weighted by molar-refractivity contribution is -0.129. The van der Waals surface area contributed by atoms with Crippen molar-refractivity contribution < 1.29 is 9.53 Å². The van der Waals surface area contributed by atoms with Gasteiger partial charge in [0.25, 0.3) is 0 Å². The third kappa shape index (κ3) is 3.01. The predicted octanol–water partition coefficient (Wildman–Crippen LogP) is 5.26. The smallest absolute Gasteiger partial charge is 0.363 e. The molecular weight excluding hydrogens is 378 g/mol. The number of benzene rings is 3. The van der Waals surface area contributed by atoms with Crippen molar-refractivity contribution in [3.63, 3.8) is 0 Å². The van der Waals surface area contributed by atoms with Crippen LogP contribution < -0.4 is 0 Å². The highest BCUT2D eigenvalue weighted by atomic mass is 79.9. The Morgan fingerprint density at radius 1 is 0.960 bits per heavy atom. The molecule has 0 N–H and O–H groups in total. The van der Waals surface area contributed by atoms with E-state index in [4.69, 9.17) is 4.74 Å². The van der Waals surface area contributed by atoms with Crippen LogP contribution in [0.4, 0.5) is 0 Å². The highest BCUT2D eigenvalue weighted by molar-refractivity contribution is 9.10. The minimum Gasteiger partial charge on any atom is -0.402 e. The molecule has 1 aliphatic heterocycles. The number of carbonyl (C=O) groups is 1. The number of esters is 1. The van der Waals surface area contributed by atoms with E-state index in [0.717, 1.165) is 21.0 Å². The van der Waals surface area contributed by atoms with Crippen LogP contribution in [0.5, 0.6) is 0 Å². The summed E-state index contributed by atoms with van der Waals surface area (Å²) in [5, 5.41) is 2.26. The molecule has 1 heterocycles. The van der Waals surface area contributed by atoms with E-state index in [1.807, 2.05) is 54.6 Å². The Kier molecular flexibility index (Phi) is 3.98. The van der Waals surface area contributed by atoms with Gasteiger partial charge in [-0.3, -0.25) is 0 Å². The van der Waals surface area contributed by atoms with Gasteiger partial charge >= 0.3 is 5.97 Å². The van der Waals surface area contributed by atoms with Crippen LogP contribution in [0.25, 0.3) is 16.8 Å². The van der Waals surface area contributed by atoms with E-state index in [2.05, 4.69) is 33.9 Å². The van der Waals surface area contributed by atoms with Gasteiger partial charge in [-0.15, -0.1) is 0 Å². The molecule has 0 unspecified atom stereocenters. The monoisotopic (exact) mass is 391 g/mol. The van der Waals surface area contributed by atoms with Gasteiger partial charge in [0.2, 0.25) is 5.90 Å². The maximum Gasteiger partial charge on any atom is 0.363 e. The first-order valence-electron chi connectivity index (χ1n) is 7.89. The third-order valence-corrected chi connectivity index (χ3v) is 4.71. The maximum atomic E-state index is 12.2. The first-order chi connectivity index (χ1) is 12.1. The first kappa shape index (κ1) is 15.8. The number of cyclic esters (lactones) is 1. The highest BCUT2D eigenvalue weighted by Crippen LogP contribution is 2.26. The Labute approximate surface area is 153 Å². The predicted molar refractivity (Wildman–Crippen MR) is 103 cm³/mol. The van der Waals surface area contributed by atoms with Gasteiger partial charge in [-0.1, -0.05) is 52.3 Å². The van der Waals surface area contributed by atoms with Crippen molar-refractivity contribution in [1.82, 2.24) is 0 Å². The standard InChI is InChI=1S/C21H14BrNO2/c1-13-6-7-15(18-5-3-2-4-17(13)18)12-19-21(24)25-20(23-19)14-8-10-16(22)11-9-14/h2-12H,1H3/b19-12-. The van der Waals surface area contributed by atoms with Crippen LogP contribution >= 0.6 is 15.9 Å². The molecule has 0 saturated heterocycles. The zero-order valence-corrected chi connectivity index (χ0v) is 15.1. The summed E-state index contributed by atoms with van der Waals surface area (Å²) in [6, 6.07) is 19.7. The van der Waals surface area contributed by atoms with E-state index in [1.54, 1.807) is 6.08 Å². The fourth-order valence-corrected chi connectivity index (χ4v) is 3.14. The SMILES string of the molecule is Cc1ccc(/C=C2\N=C(c3ccc(Br)cc3)OC2=O)c2ccccc12. The van der Waals surface area contributed by atoms with E-state index in [9.17, 15) is 4.79 Å². The van der Waals surface area contributed by atoms with E-state index < -0.39 is 5.97 Å². The van der Waals surface area contributed by atoms with E-state index in [0.29, 0.717) is 11.6 Å². The maximum absolute atomic E-state index is 12.2. The van der Waals surface area contributed by atoms with Crippen LogP contribution in [0, 0.1) is 6.92 Å². The molecule has 4 heteroatoms. The molecule has 0 fully saturated rings. The molecule has 0 spiro atoms. The Balaban J connectivity index is 1.78. The van der Waals surface area contributed by atoms with Gasteiger partial charge in [-0.05, 0) is 59.2 Å². The number of aliphatic imine (C=N–C) groups is 1. The summed E-state index contributed by atoms with van der Waals surface area (Å²) in [4.78, 5) is 16.6. The normalized spacial score (nSPS) is 15.5. The molecule has 122 valence electrons. The molecule has 3 aromatic rings. The summed E-state index contributed by atoms with van der Waals surface area (Å²) in [5.74, 6) is -0.0947. The molecule has 1 aliphatic rings. The molecule has 25 heavy (non-hydrogen) atoms. The van der Waals surface area contributed by atoms with Crippen molar-refractivity contribution in [3.8, 4) is 0 Å². The number of carbonyl (C=O) groups excluding carboxylic acids is 1. The van der Waals surface area contributed by atoms with E-state index >= 15 is 0 Å². The molecule has 0 aromatic heterocycles. The van der Waals surface area contributed by atoms with Gasteiger partial charge in [0.15, 0.2) is 5.70 Å². The molecular formula is C21H14BrNO2. The molecule has 0 radical (unpaired) electrons. The van der Waals surface area contributed by atoms with Crippen molar-refractivity contribution in [3.05, 3.63) is 87.5 Å². The number of rotatable bonds is 2. The lowest BCUT2D eigenvalue weighted by atomic mass is 10.00. The number of ether oxygens (including phenoxy) is 1. The largest absolute Gasteiger partial charge is 0.402 e. The van der Waals surface area contributed by atoms with Crippen LogP contribution in [0.2, 0.25) is 0 Å². The van der Waals surface area contributed by atoms with Gasteiger partial charge < -0.3 is 4.74 Å². The second-order valence-electron chi connectivity index (χ2n) is 5.86. The third-order valence-electron chi connectivity index (χ3n) is 4.18. The molecule has 0 amide bonds. The Morgan fingerprint density at radius 3 is 2.44 bits per heavy atom. The topological polar surface area (TPSA) is 38.7 Å². The molecule has 3 aromatic carbocycles. The zero-order chi connectivity index (χ0) is 17.4. The van der Waals surface area contributed by atoms with Gasteiger partial charge in [0.05, 0.1) is 0 Å².